The molecule has 6 heteroatoms. The van der Waals surface area contributed by atoms with Crippen molar-refractivity contribution in [2.75, 3.05) is 13.6 Å². The van der Waals surface area contributed by atoms with Crippen LogP contribution in [0, 0.1) is 0 Å². The van der Waals surface area contributed by atoms with E-state index in [1.165, 1.54) is 11.3 Å². The summed E-state index contributed by atoms with van der Waals surface area (Å²) in [5.74, 6) is -0.00767. The van der Waals surface area contributed by atoms with E-state index in [0.717, 1.165) is 43.4 Å². The molecule has 30 heavy (non-hydrogen) atoms. The molecule has 2 heterocycles. The van der Waals surface area contributed by atoms with Crippen LogP contribution in [0.15, 0.2) is 54.9 Å². The maximum atomic E-state index is 13.2. The average molecular weight is 404 g/mol. The number of carbonyl (C=O) groups is 1. The highest BCUT2D eigenvalue weighted by molar-refractivity contribution is 5.94. The van der Waals surface area contributed by atoms with Crippen LogP contribution in [0.2, 0.25) is 0 Å². The number of carbonyl (C=O) groups excluding carboxylic acids is 1. The summed E-state index contributed by atoms with van der Waals surface area (Å²) in [6.07, 6.45) is 7.52. The second-order valence-electron chi connectivity index (χ2n) is 8.05. The van der Waals surface area contributed by atoms with Crippen LogP contribution < -0.4 is 5.32 Å². The van der Waals surface area contributed by atoms with Gasteiger partial charge >= 0.3 is 0 Å². The van der Waals surface area contributed by atoms with E-state index in [2.05, 4.69) is 21.5 Å². The number of hydrogen-bond acceptors (Lipinski definition) is 4. The largest absolute Gasteiger partial charge is 0.336 e. The number of hydrogen-bond donors (Lipinski definition) is 1. The van der Waals surface area contributed by atoms with Crippen LogP contribution in [0.4, 0.5) is 0 Å². The second-order valence-corrected chi connectivity index (χ2v) is 8.05. The van der Waals surface area contributed by atoms with E-state index in [1.807, 2.05) is 61.4 Å². The minimum atomic E-state index is -0.00767. The number of benzene rings is 1. The molecule has 0 unspecified atom stereocenters. The lowest BCUT2D eigenvalue weighted by molar-refractivity contribution is 0.0777. The third-order valence-corrected chi connectivity index (χ3v) is 5.84. The molecule has 1 atom stereocenters. The predicted molar refractivity (Wildman–Crippen MR) is 117 cm³/mol. The molecule has 0 spiro atoms. The van der Waals surface area contributed by atoms with Gasteiger partial charge in [0, 0.05) is 50.3 Å². The molecule has 1 aliphatic rings. The van der Waals surface area contributed by atoms with E-state index in [1.54, 1.807) is 11.1 Å². The molecular weight excluding hydrogens is 374 g/mol. The molecule has 0 radical (unpaired) electrons. The molecule has 156 valence electrons. The van der Waals surface area contributed by atoms with Gasteiger partial charge in [-0.2, -0.15) is 5.10 Å². The van der Waals surface area contributed by atoms with Crippen LogP contribution in [0.25, 0.3) is 0 Å². The van der Waals surface area contributed by atoms with Crippen LogP contribution in [0.5, 0.6) is 0 Å². The highest BCUT2D eigenvalue weighted by Gasteiger charge is 2.29. The van der Waals surface area contributed by atoms with E-state index in [0.29, 0.717) is 18.3 Å². The molecule has 0 aliphatic heterocycles. The average Bonchev–Trinajstić information content (AvgIpc) is 3.10. The predicted octanol–water partition coefficient (Wildman–Crippen LogP) is 2.78. The maximum Gasteiger partial charge on any atom is 0.274 e. The van der Waals surface area contributed by atoms with E-state index in [4.69, 9.17) is 0 Å². The number of amides is 1. The summed E-state index contributed by atoms with van der Waals surface area (Å²) in [6, 6.07) is 14.5. The summed E-state index contributed by atoms with van der Waals surface area (Å²) in [4.78, 5) is 19.1. The van der Waals surface area contributed by atoms with E-state index < -0.39 is 0 Å². The van der Waals surface area contributed by atoms with Crippen molar-refractivity contribution in [3.8, 4) is 0 Å². The zero-order valence-corrected chi connectivity index (χ0v) is 17.7. The van der Waals surface area contributed by atoms with E-state index >= 15 is 0 Å². The molecule has 2 aromatic heterocycles. The Morgan fingerprint density at radius 3 is 2.77 bits per heavy atom. The number of aryl methyl sites for hydroxylation is 1. The van der Waals surface area contributed by atoms with Gasteiger partial charge in [-0.25, -0.2) is 0 Å². The molecule has 0 saturated heterocycles. The zero-order chi connectivity index (χ0) is 20.9. The Labute approximate surface area is 177 Å². The Kier molecular flexibility index (Phi) is 6.23. The van der Waals surface area contributed by atoms with Gasteiger partial charge < -0.3 is 10.2 Å². The molecular formula is C24H29N5O. The highest BCUT2D eigenvalue weighted by Crippen LogP contribution is 2.25. The smallest absolute Gasteiger partial charge is 0.274 e. The fourth-order valence-electron chi connectivity index (χ4n) is 4.21. The molecule has 0 fully saturated rings. The molecule has 3 aromatic rings. The first-order valence-corrected chi connectivity index (χ1v) is 10.6. The number of nitrogens with zero attached hydrogens (tertiary/aromatic N) is 4. The molecule has 1 N–H and O–H groups in total. The van der Waals surface area contributed by atoms with Crippen LogP contribution in [0.3, 0.4) is 0 Å². The fourth-order valence-corrected chi connectivity index (χ4v) is 4.21. The van der Waals surface area contributed by atoms with Gasteiger partial charge in [-0.1, -0.05) is 36.4 Å². The Balaban J connectivity index is 1.41. The standard InChI is InChI=1S/C24H29N5O/c1-28(17-19-7-4-3-5-8-19)24(30)23-21-15-20(10-11-22(21)29(2)27-23)26-14-12-18-9-6-13-25-16-18/h3-9,13,16,20,26H,10-12,14-15,17H2,1-2H3/t20-/m1/s1. The lowest BCUT2D eigenvalue weighted by Crippen LogP contribution is -2.37. The van der Waals surface area contributed by atoms with Gasteiger partial charge in [0.15, 0.2) is 5.69 Å². The van der Waals surface area contributed by atoms with Crippen molar-refractivity contribution in [3.05, 3.63) is 82.9 Å². The number of nitrogens with one attached hydrogen (secondary N) is 1. The quantitative estimate of drug-likeness (QED) is 0.659. The third kappa shape index (κ3) is 4.60. The Hall–Kier alpha value is -2.99. The Bertz CT molecular complexity index is 984. The van der Waals surface area contributed by atoms with Crippen molar-refractivity contribution in [1.82, 2.24) is 25.0 Å². The first-order valence-electron chi connectivity index (χ1n) is 10.6. The van der Waals surface area contributed by atoms with Gasteiger partial charge in [-0.15, -0.1) is 0 Å². The number of fused-ring (bicyclic) bond motifs is 1. The summed E-state index contributed by atoms with van der Waals surface area (Å²) in [7, 11) is 3.80. The van der Waals surface area contributed by atoms with E-state index in [-0.39, 0.29) is 5.91 Å². The van der Waals surface area contributed by atoms with Gasteiger partial charge in [-0.05, 0) is 49.4 Å². The van der Waals surface area contributed by atoms with Gasteiger partial charge in [0.25, 0.3) is 5.91 Å². The monoisotopic (exact) mass is 403 g/mol. The summed E-state index contributed by atoms with van der Waals surface area (Å²) in [6.45, 7) is 1.49. The topological polar surface area (TPSA) is 63.1 Å². The Morgan fingerprint density at radius 1 is 1.20 bits per heavy atom. The molecule has 1 aliphatic carbocycles. The van der Waals surface area contributed by atoms with Gasteiger partial charge in [0.05, 0.1) is 0 Å². The van der Waals surface area contributed by atoms with Crippen LogP contribution in [-0.2, 0) is 32.9 Å². The van der Waals surface area contributed by atoms with Gasteiger partial charge in [0.2, 0.25) is 0 Å². The van der Waals surface area contributed by atoms with Crippen LogP contribution >= 0.6 is 0 Å². The van der Waals surface area contributed by atoms with Crippen molar-refractivity contribution in [2.24, 2.45) is 7.05 Å². The fraction of sp³-hybridized carbons (Fsp3) is 0.375. The molecule has 0 bridgehead atoms. The third-order valence-electron chi connectivity index (χ3n) is 5.84. The van der Waals surface area contributed by atoms with Crippen molar-refractivity contribution < 1.29 is 4.79 Å². The first kappa shape index (κ1) is 20.3. The molecule has 1 amide bonds. The van der Waals surface area contributed by atoms with Gasteiger partial charge in [-0.3, -0.25) is 14.5 Å². The maximum absolute atomic E-state index is 13.2. The molecule has 1 aromatic carbocycles. The summed E-state index contributed by atoms with van der Waals surface area (Å²) in [5.41, 5.74) is 5.25. The molecule has 6 nitrogen and oxygen atoms in total. The second kappa shape index (κ2) is 9.22. The Morgan fingerprint density at radius 2 is 2.00 bits per heavy atom. The first-order chi connectivity index (χ1) is 14.6. The van der Waals surface area contributed by atoms with Crippen molar-refractivity contribution in [2.45, 2.75) is 38.3 Å². The summed E-state index contributed by atoms with van der Waals surface area (Å²) < 4.78 is 1.89. The minimum absolute atomic E-state index is 0.00767. The SMILES string of the molecule is CN(Cc1ccccc1)C(=O)c1nn(C)c2c1C[C@H](NCCc1cccnc1)CC2. The number of aromatic nitrogens is 3. The van der Waals surface area contributed by atoms with Crippen molar-refractivity contribution in [1.29, 1.82) is 0 Å². The van der Waals surface area contributed by atoms with Crippen molar-refractivity contribution >= 4 is 5.91 Å². The van der Waals surface area contributed by atoms with Crippen LogP contribution in [0.1, 0.15) is 39.3 Å². The normalized spacial score (nSPS) is 15.6. The lowest BCUT2D eigenvalue weighted by Gasteiger charge is -2.25. The number of pyridine rings is 1. The minimum Gasteiger partial charge on any atom is -0.336 e. The lowest BCUT2D eigenvalue weighted by atomic mass is 9.91. The highest BCUT2D eigenvalue weighted by atomic mass is 16.2. The van der Waals surface area contributed by atoms with Gasteiger partial charge in [0.1, 0.15) is 0 Å². The van der Waals surface area contributed by atoms with E-state index in [9.17, 15) is 4.79 Å². The molecule has 0 saturated carbocycles. The van der Waals surface area contributed by atoms with Crippen molar-refractivity contribution in [3.63, 3.8) is 0 Å². The van der Waals surface area contributed by atoms with Crippen LogP contribution in [-0.4, -0.2) is 45.2 Å². The summed E-state index contributed by atoms with van der Waals surface area (Å²) in [5, 5.41) is 8.27. The molecule has 4 rings (SSSR count). The number of rotatable bonds is 7. The summed E-state index contributed by atoms with van der Waals surface area (Å²) >= 11 is 0. The zero-order valence-electron chi connectivity index (χ0n) is 17.7.